The number of hydrogen-bond donors (Lipinski definition) is 0. The molecule has 0 saturated heterocycles. The maximum absolute atomic E-state index is 11.6. The highest BCUT2D eigenvalue weighted by atomic mass is 32.1. The van der Waals surface area contributed by atoms with Crippen molar-refractivity contribution in [1.82, 2.24) is 4.57 Å². The van der Waals surface area contributed by atoms with E-state index < -0.39 is 12.2 Å². The van der Waals surface area contributed by atoms with Gasteiger partial charge in [0.25, 0.3) is 0 Å². The van der Waals surface area contributed by atoms with Crippen molar-refractivity contribution in [1.29, 1.82) is 0 Å². The van der Waals surface area contributed by atoms with Crippen LogP contribution >= 0.6 is 11.3 Å². The lowest BCUT2D eigenvalue weighted by atomic mass is 10.5. The SMILES string of the molecule is CCOC(=O)N=c1scc(C)n1C(=O)OCC. The van der Waals surface area contributed by atoms with E-state index in [0.717, 1.165) is 0 Å². The number of thiazole rings is 1. The van der Waals surface area contributed by atoms with Crippen LogP contribution in [-0.4, -0.2) is 30.0 Å². The summed E-state index contributed by atoms with van der Waals surface area (Å²) in [5.41, 5.74) is 0.663. The summed E-state index contributed by atoms with van der Waals surface area (Å²) in [5, 5.41) is 1.72. The Morgan fingerprint density at radius 1 is 1.35 bits per heavy atom. The minimum absolute atomic E-state index is 0.242. The summed E-state index contributed by atoms with van der Waals surface area (Å²) in [6.07, 6.45) is -1.26. The van der Waals surface area contributed by atoms with Crippen molar-refractivity contribution in [3.63, 3.8) is 0 Å². The van der Waals surface area contributed by atoms with Gasteiger partial charge in [-0.1, -0.05) is 0 Å². The Morgan fingerprint density at radius 2 is 2.00 bits per heavy atom. The van der Waals surface area contributed by atoms with E-state index in [2.05, 4.69) is 9.73 Å². The zero-order valence-corrected chi connectivity index (χ0v) is 10.7. The third-order valence-electron chi connectivity index (χ3n) is 1.78. The fourth-order valence-corrected chi connectivity index (χ4v) is 1.95. The predicted molar refractivity (Wildman–Crippen MR) is 62.1 cm³/mol. The highest BCUT2D eigenvalue weighted by molar-refractivity contribution is 7.07. The molecule has 7 heteroatoms. The van der Waals surface area contributed by atoms with Crippen molar-refractivity contribution in [2.75, 3.05) is 13.2 Å². The molecule has 0 aromatic carbocycles. The molecule has 1 aromatic heterocycles. The first-order valence-electron chi connectivity index (χ1n) is 5.15. The molecule has 6 nitrogen and oxygen atoms in total. The van der Waals surface area contributed by atoms with Gasteiger partial charge in [0.15, 0.2) is 0 Å². The van der Waals surface area contributed by atoms with Crippen molar-refractivity contribution >= 4 is 23.5 Å². The van der Waals surface area contributed by atoms with Crippen molar-refractivity contribution in [2.45, 2.75) is 20.8 Å². The van der Waals surface area contributed by atoms with Crippen LogP contribution in [0, 0.1) is 6.92 Å². The third-order valence-corrected chi connectivity index (χ3v) is 2.73. The zero-order chi connectivity index (χ0) is 12.8. The fraction of sp³-hybridized carbons (Fsp3) is 0.500. The van der Waals surface area contributed by atoms with Crippen LogP contribution in [0.25, 0.3) is 0 Å². The molecule has 94 valence electrons. The van der Waals surface area contributed by atoms with Gasteiger partial charge in [0.05, 0.1) is 13.2 Å². The van der Waals surface area contributed by atoms with Crippen LogP contribution in [0.3, 0.4) is 0 Å². The Kier molecular flexibility index (Phi) is 4.89. The molecule has 0 bridgehead atoms. The Morgan fingerprint density at radius 3 is 2.59 bits per heavy atom. The molecule has 0 aliphatic heterocycles. The molecule has 1 heterocycles. The average molecular weight is 258 g/mol. The van der Waals surface area contributed by atoms with E-state index in [4.69, 9.17) is 4.74 Å². The summed E-state index contributed by atoms with van der Waals surface area (Å²) in [7, 11) is 0. The number of ether oxygens (including phenoxy) is 2. The van der Waals surface area contributed by atoms with Crippen LogP contribution in [0.4, 0.5) is 9.59 Å². The molecule has 0 fully saturated rings. The van der Waals surface area contributed by atoms with E-state index in [1.54, 1.807) is 26.2 Å². The standard InChI is InChI=1S/C10H14N2O4S/c1-4-15-9(13)11-8-12(7(3)6-17-8)10(14)16-5-2/h6H,4-5H2,1-3H3. The van der Waals surface area contributed by atoms with Crippen LogP contribution in [0.2, 0.25) is 0 Å². The van der Waals surface area contributed by atoms with Crippen LogP contribution in [-0.2, 0) is 9.47 Å². The van der Waals surface area contributed by atoms with Gasteiger partial charge in [-0.05, 0) is 20.8 Å². The Labute approximate surface area is 103 Å². The number of hydrogen-bond acceptors (Lipinski definition) is 5. The first-order chi connectivity index (χ1) is 8.10. The summed E-state index contributed by atoms with van der Waals surface area (Å²) >= 11 is 1.18. The summed E-state index contributed by atoms with van der Waals surface area (Å²) in [5.74, 6) is 0. The summed E-state index contributed by atoms with van der Waals surface area (Å²) in [4.78, 5) is 26.8. The van der Waals surface area contributed by atoms with Gasteiger partial charge in [-0.2, -0.15) is 0 Å². The van der Waals surface area contributed by atoms with Crippen molar-refractivity contribution in [3.8, 4) is 0 Å². The van der Waals surface area contributed by atoms with Crippen molar-refractivity contribution in [2.24, 2.45) is 4.99 Å². The molecule has 0 radical (unpaired) electrons. The van der Waals surface area contributed by atoms with Gasteiger partial charge < -0.3 is 9.47 Å². The monoisotopic (exact) mass is 258 g/mol. The number of carbonyl (C=O) groups is 2. The molecule has 0 aliphatic carbocycles. The average Bonchev–Trinajstić information content (AvgIpc) is 2.60. The lowest BCUT2D eigenvalue weighted by molar-refractivity contribution is 0.152. The highest BCUT2D eigenvalue weighted by Gasteiger charge is 2.12. The van der Waals surface area contributed by atoms with E-state index in [1.165, 1.54) is 15.9 Å². The molecule has 0 N–H and O–H groups in total. The number of amides is 1. The molecular formula is C10H14N2O4S. The normalized spacial score (nSPS) is 11.4. The van der Waals surface area contributed by atoms with Gasteiger partial charge in [-0.3, -0.25) is 0 Å². The van der Waals surface area contributed by atoms with Crippen LogP contribution < -0.4 is 4.80 Å². The summed E-state index contributed by atoms with van der Waals surface area (Å²) in [6, 6.07) is 0. The number of rotatable bonds is 2. The van der Waals surface area contributed by atoms with Crippen LogP contribution in [0.5, 0.6) is 0 Å². The lowest BCUT2D eigenvalue weighted by Crippen LogP contribution is -2.26. The second kappa shape index (κ2) is 6.19. The quantitative estimate of drug-likeness (QED) is 0.812. The van der Waals surface area contributed by atoms with E-state index in [1.807, 2.05) is 0 Å². The molecule has 0 spiro atoms. The van der Waals surface area contributed by atoms with Crippen molar-refractivity contribution < 1.29 is 19.1 Å². The molecule has 0 atom stereocenters. The van der Waals surface area contributed by atoms with E-state index in [-0.39, 0.29) is 18.0 Å². The number of aryl methyl sites for hydroxylation is 1. The fourth-order valence-electron chi connectivity index (χ4n) is 1.11. The Balaban J connectivity index is 3.09. The Bertz CT molecular complexity index is 475. The minimum atomic E-state index is -0.715. The van der Waals surface area contributed by atoms with Gasteiger partial charge in [-0.15, -0.1) is 16.3 Å². The molecule has 0 aliphatic rings. The van der Waals surface area contributed by atoms with Gasteiger partial charge >= 0.3 is 12.2 Å². The maximum Gasteiger partial charge on any atom is 0.436 e. The molecule has 17 heavy (non-hydrogen) atoms. The van der Waals surface area contributed by atoms with Gasteiger partial charge in [0.1, 0.15) is 0 Å². The van der Waals surface area contributed by atoms with Crippen LogP contribution in [0.1, 0.15) is 19.5 Å². The summed E-state index contributed by atoms with van der Waals surface area (Å²) < 4.78 is 10.8. The smallest absolute Gasteiger partial charge is 0.436 e. The number of carbonyl (C=O) groups excluding carboxylic acids is 2. The predicted octanol–water partition coefficient (Wildman–Crippen LogP) is 1.92. The third kappa shape index (κ3) is 3.42. The molecular weight excluding hydrogens is 244 g/mol. The minimum Gasteiger partial charge on any atom is -0.449 e. The van der Waals surface area contributed by atoms with E-state index >= 15 is 0 Å². The maximum atomic E-state index is 11.6. The molecule has 1 aromatic rings. The van der Waals surface area contributed by atoms with Gasteiger partial charge in [0.2, 0.25) is 4.80 Å². The summed E-state index contributed by atoms with van der Waals surface area (Å²) in [6.45, 7) is 5.64. The topological polar surface area (TPSA) is 69.9 Å². The van der Waals surface area contributed by atoms with Crippen molar-refractivity contribution in [3.05, 3.63) is 15.9 Å². The molecule has 0 saturated carbocycles. The largest absolute Gasteiger partial charge is 0.449 e. The lowest BCUT2D eigenvalue weighted by Gasteiger charge is -2.03. The Hall–Kier alpha value is -1.63. The van der Waals surface area contributed by atoms with E-state index in [0.29, 0.717) is 5.69 Å². The first kappa shape index (κ1) is 13.4. The number of aromatic nitrogens is 1. The van der Waals surface area contributed by atoms with Gasteiger partial charge in [-0.25, -0.2) is 14.2 Å². The van der Waals surface area contributed by atoms with Crippen LogP contribution in [0.15, 0.2) is 10.4 Å². The number of nitrogens with zero attached hydrogens (tertiary/aromatic N) is 2. The first-order valence-corrected chi connectivity index (χ1v) is 6.03. The highest BCUT2D eigenvalue weighted by Crippen LogP contribution is 2.01. The van der Waals surface area contributed by atoms with Gasteiger partial charge in [0, 0.05) is 11.1 Å². The molecule has 0 unspecified atom stereocenters. The van der Waals surface area contributed by atoms with E-state index in [9.17, 15) is 9.59 Å². The molecule has 1 amide bonds. The zero-order valence-electron chi connectivity index (χ0n) is 9.93. The second-order valence-corrected chi connectivity index (χ2v) is 3.84. The second-order valence-electron chi connectivity index (χ2n) is 3.00. The molecule has 1 rings (SSSR count).